The molecule has 1 amide bonds. The quantitative estimate of drug-likeness (QED) is 0.514. The fourth-order valence-electron chi connectivity index (χ4n) is 6.21. The molecule has 0 aromatic heterocycles. The predicted octanol–water partition coefficient (Wildman–Crippen LogP) is 4.89. The van der Waals surface area contributed by atoms with Crippen LogP contribution in [0.25, 0.3) is 0 Å². The van der Waals surface area contributed by atoms with Crippen molar-refractivity contribution in [1.29, 1.82) is 5.26 Å². The summed E-state index contributed by atoms with van der Waals surface area (Å²) < 4.78 is 5.26. The Hall–Kier alpha value is -2.19. The molecule has 4 bridgehead atoms. The molecular weight excluding hydrogens is 386 g/mol. The van der Waals surface area contributed by atoms with Crippen molar-refractivity contribution in [3.63, 3.8) is 0 Å². The number of nitrogens with zero attached hydrogens (tertiary/aromatic N) is 1. The lowest BCUT2D eigenvalue weighted by atomic mass is 9.48. The molecule has 0 aliphatic heterocycles. The highest BCUT2D eigenvalue weighted by Crippen LogP contribution is 2.61. The standard InChI is InChI=1S/C23H28ClN3O2/c1-14(23-9-15-5-16(10-23)7-17(6-15)11-23)26-13-18(12-25)22(28)27-20-8-19(24)3-4-21(20)29-2/h3-4,8,13-17,26H,5-7,9-11H2,1-2H3,(H,27,28)/b18-13-. The number of benzene rings is 1. The number of hydrogen-bond donors (Lipinski definition) is 2. The van der Waals surface area contributed by atoms with E-state index < -0.39 is 5.91 Å². The number of ether oxygens (including phenoxy) is 1. The molecule has 1 aromatic rings. The summed E-state index contributed by atoms with van der Waals surface area (Å²) in [5.74, 6) is 2.61. The second-order valence-corrected chi connectivity index (χ2v) is 9.57. The van der Waals surface area contributed by atoms with Gasteiger partial charge in [-0.3, -0.25) is 4.79 Å². The van der Waals surface area contributed by atoms with Gasteiger partial charge in [-0.05, 0) is 86.8 Å². The Balaban J connectivity index is 1.45. The van der Waals surface area contributed by atoms with Crippen molar-refractivity contribution in [3.8, 4) is 11.8 Å². The minimum Gasteiger partial charge on any atom is -0.495 e. The van der Waals surface area contributed by atoms with Crippen LogP contribution in [0.3, 0.4) is 0 Å². The van der Waals surface area contributed by atoms with Crippen LogP contribution in [0.1, 0.15) is 45.4 Å². The molecule has 4 fully saturated rings. The molecule has 1 unspecified atom stereocenters. The van der Waals surface area contributed by atoms with E-state index >= 15 is 0 Å². The van der Waals surface area contributed by atoms with Crippen molar-refractivity contribution in [1.82, 2.24) is 5.32 Å². The third kappa shape index (κ3) is 3.96. The Morgan fingerprint density at radius 3 is 2.45 bits per heavy atom. The Kier molecular flexibility index (Phi) is 5.48. The van der Waals surface area contributed by atoms with Gasteiger partial charge >= 0.3 is 0 Å². The molecule has 0 spiro atoms. The summed E-state index contributed by atoms with van der Waals surface area (Å²) in [6.07, 6.45) is 9.59. The minimum atomic E-state index is -0.474. The lowest BCUT2D eigenvalue weighted by molar-refractivity contribution is -0.112. The fourth-order valence-corrected chi connectivity index (χ4v) is 6.38. The monoisotopic (exact) mass is 413 g/mol. The van der Waals surface area contributed by atoms with E-state index in [0.717, 1.165) is 17.8 Å². The summed E-state index contributed by atoms with van der Waals surface area (Å²) in [5, 5.41) is 16.1. The number of anilines is 1. The molecule has 1 aromatic carbocycles. The van der Waals surface area contributed by atoms with Crippen LogP contribution >= 0.6 is 11.6 Å². The van der Waals surface area contributed by atoms with Gasteiger partial charge in [-0.25, -0.2) is 0 Å². The second-order valence-electron chi connectivity index (χ2n) is 9.14. The van der Waals surface area contributed by atoms with E-state index in [0.29, 0.717) is 21.9 Å². The molecule has 4 saturated carbocycles. The van der Waals surface area contributed by atoms with Crippen LogP contribution in [0, 0.1) is 34.5 Å². The highest BCUT2D eigenvalue weighted by Gasteiger charge is 2.53. The molecule has 6 heteroatoms. The van der Waals surface area contributed by atoms with Crippen LogP contribution in [0.15, 0.2) is 30.0 Å². The first-order valence-corrected chi connectivity index (χ1v) is 10.8. The van der Waals surface area contributed by atoms with Crippen molar-refractivity contribution in [2.24, 2.45) is 23.2 Å². The first kappa shape index (κ1) is 20.1. The van der Waals surface area contributed by atoms with Crippen LogP contribution in [0.2, 0.25) is 5.02 Å². The molecule has 0 saturated heterocycles. The highest BCUT2D eigenvalue weighted by atomic mass is 35.5. The number of carbonyl (C=O) groups excluding carboxylic acids is 1. The number of carbonyl (C=O) groups is 1. The van der Waals surface area contributed by atoms with E-state index in [2.05, 4.69) is 17.6 Å². The summed E-state index contributed by atoms with van der Waals surface area (Å²) >= 11 is 6.02. The molecular formula is C23H28ClN3O2. The summed E-state index contributed by atoms with van der Waals surface area (Å²) in [5.41, 5.74) is 0.794. The maximum atomic E-state index is 12.6. The minimum absolute atomic E-state index is 0.0450. The van der Waals surface area contributed by atoms with Crippen molar-refractivity contribution in [2.45, 2.75) is 51.5 Å². The lowest BCUT2D eigenvalue weighted by Crippen LogP contribution is -2.54. The summed E-state index contributed by atoms with van der Waals surface area (Å²) in [6, 6.07) is 7.24. The maximum Gasteiger partial charge on any atom is 0.267 e. The van der Waals surface area contributed by atoms with Crippen molar-refractivity contribution in [2.75, 3.05) is 12.4 Å². The van der Waals surface area contributed by atoms with E-state index in [1.807, 2.05) is 6.07 Å². The molecule has 5 nitrogen and oxygen atoms in total. The summed E-state index contributed by atoms with van der Waals surface area (Å²) in [4.78, 5) is 12.6. The van der Waals surface area contributed by atoms with Gasteiger partial charge in [-0.2, -0.15) is 5.26 Å². The van der Waals surface area contributed by atoms with Crippen molar-refractivity contribution >= 4 is 23.2 Å². The molecule has 0 radical (unpaired) electrons. The van der Waals surface area contributed by atoms with Gasteiger partial charge in [0.25, 0.3) is 5.91 Å². The topological polar surface area (TPSA) is 74.1 Å². The van der Waals surface area contributed by atoms with Gasteiger partial charge in [0.05, 0.1) is 12.8 Å². The zero-order chi connectivity index (χ0) is 20.6. The van der Waals surface area contributed by atoms with Crippen LogP contribution in [0.4, 0.5) is 5.69 Å². The number of methoxy groups -OCH3 is 1. The van der Waals surface area contributed by atoms with Crippen LogP contribution in [-0.2, 0) is 4.79 Å². The SMILES string of the molecule is COc1ccc(Cl)cc1NC(=O)/C(C#N)=C\NC(C)C12CC3CC(CC(C3)C1)C2. The Morgan fingerprint density at radius 1 is 1.28 bits per heavy atom. The van der Waals surface area contributed by atoms with Crippen LogP contribution < -0.4 is 15.4 Å². The number of nitrogens with one attached hydrogen (secondary N) is 2. The Morgan fingerprint density at radius 2 is 1.90 bits per heavy atom. The van der Waals surface area contributed by atoms with Gasteiger partial charge in [0, 0.05) is 17.3 Å². The molecule has 29 heavy (non-hydrogen) atoms. The maximum absolute atomic E-state index is 12.6. The number of nitriles is 1. The Bertz CT molecular complexity index is 838. The second kappa shape index (κ2) is 7.91. The average molecular weight is 414 g/mol. The van der Waals surface area contributed by atoms with E-state index in [1.165, 1.54) is 45.6 Å². The highest BCUT2D eigenvalue weighted by molar-refractivity contribution is 6.31. The number of halogens is 1. The predicted molar refractivity (Wildman–Crippen MR) is 114 cm³/mol. The fraction of sp³-hybridized carbons (Fsp3) is 0.565. The number of rotatable bonds is 6. The molecule has 5 rings (SSSR count). The third-order valence-corrected chi connectivity index (χ3v) is 7.49. The largest absolute Gasteiger partial charge is 0.495 e. The average Bonchev–Trinajstić information content (AvgIpc) is 2.67. The normalized spacial score (nSPS) is 31.1. The molecule has 0 heterocycles. The zero-order valence-corrected chi connectivity index (χ0v) is 17.8. The Labute approximate surface area is 177 Å². The van der Waals surface area contributed by atoms with Gasteiger partial charge in [0.2, 0.25) is 0 Å². The van der Waals surface area contributed by atoms with E-state index in [9.17, 15) is 10.1 Å². The van der Waals surface area contributed by atoms with Crippen molar-refractivity contribution < 1.29 is 9.53 Å². The smallest absolute Gasteiger partial charge is 0.267 e. The van der Waals surface area contributed by atoms with Crippen molar-refractivity contribution in [3.05, 3.63) is 35.0 Å². The van der Waals surface area contributed by atoms with E-state index in [4.69, 9.17) is 16.3 Å². The van der Waals surface area contributed by atoms with Gasteiger partial charge in [0.1, 0.15) is 17.4 Å². The molecule has 4 aliphatic carbocycles. The van der Waals surface area contributed by atoms with Gasteiger partial charge < -0.3 is 15.4 Å². The zero-order valence-electron chi connectivity index (χ0n) is 17.0. The summed E-state index contributed by atoms with van der Waals surface area (Å²) in [6.45, 7) is 2.20. The lowest BCUT2D eigenvalue weighted by Gasteiger charge is -2.59. The van der Waals surface area contributed by atoms with Crippen LogP contribution in [-0.4, -0.2) is 19.1 Å². The molecule has 154 valence electrons. The van der Waals surface area contributed by atoms with Gasteiger partial charge in [0.15, 0.2) is 0 Å². The number of amides is 1. The van der Waals surface area contributed by atoms with Gasteiger partial charge in [-0.1, -0.05) is 11.6 Å². The van der Waals surface area contributed by atoms with Gasteiger partial charge in [-0.15, -0.1) is 0 Å². The first-order valence-electron chi connectivity index (χ1n) is 10.4. The molecule has 4 aliphatic rings. The van der Waals surface area contributed by atoms with E-state index in [1.54, 1.807) is 24.4 Å². The van der Waals surface area contributed by atoms with Crippen LogP contribution in [0.5, 0.6) is 5.75 Å². The molecule has 1 atom stereocenters. The third-order valence-electron chi connectivity index (χ3n) is 7.26. The van der Waals surface area contributed by atoms with E-state index in [-0.39, 0.29) is 11.6 Å². The first-order chi connectivity index (χ1) is 13.9. The summed E-state index contributed by atoms with van der Waals surface area (Å²) in [7, 11) is 1.52. The molecule has 2 N–H and O–H groups in total. The number of hydrogen-bond acceptors (Lipinski definition) is 4.